The smallest absolute Gasteiger partial charge is 0.244 e. The zero-order chi connectivity index (χ0) is 14.1. The highest BCUT2D eigenvalue weighted by molar-refractivity contribution is 5.91. The molecule has 1 rings (SSSR count). The monoisotopic (exact) mass is 261 g/mol. The molecule has 0 bridgehead atoms. The lowest BCUT2D eigenvalue weighted by Gasteiger charge is -2.07. The van der Waals surface area contributed by atoms with E-state index in [1.165, 1.54) is 5.56 Å². The van der Waals surface area contributed by atoms with E-state index in [9.17, 15) is 4.79 Å². The lowest BCUT2D eigenvalue weighted by Crippen LogP contribution is -2.23. The minimum Gasteiger partial charge on any atom is -0.379 e. The molecule has 0 aliphatic rings. The second-order valence-electron chi connectivity index (χ2n) is 4.81. The Hall–Kier alpha value is -1.61. The van der Waals surface area contributed by atoms with Crippen LogP contribution < -0.4 is 5.32 Å². The molecule has 0 saturated heterocycles. The fourth-order valence-electron chi connectivity index (χ4n) is 1.51. The molecule has 0 saturated carbocycles. The predicted molar refractivity (Wildman–Crippen MR) is 78.9 cm³/mol. The maximum Gasteiger partial charge on any atom is 0.244 e. The second-order valence-corrected chi connectivity index (χ2v) is 4.81. The molecule has 19 heavy (non-hydrogen) atoms. The summed E-state index contributed by atoms with van der Waals surface area (Å²) < 4.78 is 5.39. The first-order valence-electron chi connectivity index (χ1n) is 6.72. The number of ether oxygens (including phenoxy) is 1. The molecule has 1 amide bonds. The molecule has 1 N–H and O–H groups in total. The minimum atomic E-state index is -0.0647. The van der Waals surface area contributed by atoms with Crippen LogP contribution in [0, 0.1) is 6.92 Å². The number of rotatable bonds is 7. The van der Waals surface area contributed by atoms with Crippen molar-refractivity contribution < 1.29 is 9.53 Å². The Labute approximate surface area is 115 Å². The number of amides is 1. The standard InChI is InChI=1S/C16H23NO2/c1-13(2)19-12-4-11-17-16(18)10-9-15-7-5-14(3)6-8-15/h5-10,13H,4,11-12H2,1-3H3,(H,17,18). The van der Waals surface area contributed by atoms with Gasteiger partial charge in [-0.1, -0.05) is 29.8 Å². The predicted octanol–water partition coefficient (Wildman–Crippen LogP) is 2.94. The largest absolute Gasteiger partial charge is 0.379 e. The zero-order valence-corrected chi connectivity index (χ0v) is 12.0. The number of nitrogens with one attached hydrogen (secondary N) is 1. The summed E-state index contributed by atoms with van der Waals surface area (Å²) in [6.07, 6.45) is 4.47. The Kier molecular flexibility index (Phi) is 6.90. The summed E-state index contributed by atoms with van der Waals surface area (Å²) in [5.74, 6) is -0.0647. The lowest BCUT2D eigenvalue weighted by atomic mass is 10.1. The average Bonchev–Trinajstić information content (AvgIpc) is 2.37. The van der Waals surface area contributed by atoms with Gasteiger partial charge in [0.05, 0.1) is 6.10 Å². The van der Waals surface area contributed by atoms with Gasteiger partial charge in [0.15, 0.2) is 0 Å². The van der Waals surface area contributed by atoms with Gasteiger partial charge in [-0.15, -0.1) is 0 Å². The van der Waals surface area contributed by atoms with Gasteiger partial charge in [0, 0.05) is 19.2 Å². The van der Waals surface area contributed by atoms with Gasteiger partial charge < -0.3 is 10.1 Å². The van der Waals surface area contributed by atoms with Gasteiger partial charge in [0.1, 0.15) is 0 Å². The summed E-state index contributed by atoms with van der Waals surface area (Å²) in [5, 5.41) is 2.83. The van der Waals surface area contributed by atoms with Gasteiger partial charge in [0.2, 0.25) is 5.91 Å². The summed E-state index contributed by atoms with van der Waals surface area (Å²) in [6.45, 7) is 7.37. The van der Waals surface area contributed by atoms with Crippen molar-refractivity contribution in [3.05, 3.63) is 41.5 Å². The summed E-state index contributed by atoms with van der Waals surface area (Å²) >= 11 is 0. The van der Waals surface area contributed by atoms with Crippen LogP contribution in [0.1, 0.15) is 31.4 Å². The molecular formula is C16H23NO2. The van der Waals surface area contributed by atoms with Gasteiger partial charge in [-0.05, 0) is 38.8 Å². The van der Waals surface area contributed by atoms with E-state index in [0.29, 0.717) is 13.2 Å². The van der Waals surface area contributed by atoms with E-state index in [2.05, 4.69) is 5.32 Å². The Balaban J connectivity index is 2.22. The molecule has 0 aliphatic carbocycles. The summed E-state index contributed by atoms with van der Waals surface area (Å²) in [7, 11) is 0. The third kappa shape index (κ3) is 7.42. The van der Waals surface area contributed by atoms with Crippen LogP contribution in [0.25, 0.3) is 6.08 Å². The van der Waals surface area contributed by atoms with Crippen LogP contribution in [-0.4, -0.2) is 25.2 Å². The van der Waals surface area contributed by atoms with Crippen LogP contribution in [0.4, 0.5) is 0 Å². The lowest BCUT2D eigenvalue weighted by molar-refractivity contribution is -0.116. The van der Waals surface area contributed by atoms with E-state index in [1.54, 1.807) is 6.08 Å². The molecule has 0 radical (unpaired) electrons. The van der Waals surface area contributed by atoms with Crippen LogP contribution in [-0.2, 0) is 9.53 Å². The number of hydrogen-bond donors (Lipinski definition) is 1. The van der Waals surface area contributed by atoms with E-state index in [4.69, 9.17) is 4.74 Å². The minimum absolute atomic E-state index is 0.0647. The van der Waals surface area contributed by atoms with Crippen molar-refractivity contribution in [3.63, 3.8) is 0 Å². The second kappa shape index (κ2) is 8.48. The average molecular weight is 261 g/mol. The highest BCUT2D eigenvalue weighted by atomic mass is 16.5. The molecule has 0 spiro atoms. The first-order valence-corrected chi connectivity index (χ1v) is 6.72. The molecule has 3 nitrogen and oxygen atoms in total. The zero-order valence-electron chi connectivity index (χ0n) is 12.0. The van der Waals surface area contributed by atoms with E-state index >= 15 is 0 Å². The topological polar surface area (TPSA) is 38.3 Å². The van der Waals surface area contributed by atoms with E-state index in [-0.39, 0.29) is 12.0 Å². The van der Waals surface area contributed by atoms with Gasteiger partial charge in [0.25, 0.3) is 0 Å². The van der Waals surface area contributed by atoms with Crippen molar-refractivity contribution in [2.75, 3.05) is 13.2 Å². The Morgan fingerprint density at radius 3 is 2.63 bits per heavy atom. The number of carbonyl (C=O) groups excluding carboxylic acids is 1. The SMILES string of the molecule is Cc1ccc(C=CC(=O)NCCCOC(C)C)cc1. The third-order valence-electron chi connectivity index (χ3n) is 2.58. The Morgan fingerprint density at radius 2 is 2.00 bits per heavy atom. The van der Waals surface area contributed by atoms with Crippen LogP contribution in [0.2, 0.25) is 0 Å². The van der Waals surface area contributed by atoms with Crippen molar-refractivity contribution in [2.24, 2.45) is 0 Å². The molecular weight excluding hydrogens is 238 g/mol. The van der Waals surface area contributed by atoms with Gasteiger partial charge in [-0.3, -0.25) is 4.79 Å². The maximum atomic E-state index is 11.5. The molecule has 0 aromatic heterocycles. The Morgan fingerprint density at radius 1 is 1.32 bits per heavy atom. The number of carbonyl (C=O) groups is 1. The summed E-state index contributed by atoms with van der Waals surface area (Å²) in [5.41, 5.74) is 2.25. The van der Waals surface area contributed by atoms with Gasteiger partial charge in [-0.2, -0.15) is 0 Å². The molecule has 104 valence electrons. The van der Waals surface area contributed by atoms with Gasteiger partial charge in [-0.25, -0.2) is 0 Å². The number of hydrogen-bond acceptors (Lipinski definition) is 2. The highest BCUT2D eigenvalue weighted by Crippen LogP contribution is 2.04. The van der Waals surface area contributed by atoms with Gasteiger partial charge >= 0.3 is 0 Å². The Bertz CT molecular complexity index is 407. The fourth-order valence-corrected chi connectivity index (χ4v) is 1.51. The molecule has 0 heterocycles. The molecule has 0 fully saturated rings. The summed E-state index contributed by atoms with van der Waals surface area (Å²) in [6, 6.07) is 8.05. The molecule has 0 unspecified atom stereocenters. The normalized spacial score (nSPS) is 11.2. The van der Waals surface area contributed by atoms with Crippen LogP contribution in [0.15, 0.2) is 30.3 Å². The molecule has 1 aromatic rings. The van der Waals surface area contributed by atoms with E-state index in [1.807, 2.05) is 51.1 Å². The van der Waals surface area contributed by atoms with Crippen LogP contribution in [0.5, 0.6) is 0 Å². The number of aryl methyl sites for hydroxylation is 1. The van der Waals surface area contributed by atoms with Crippen molar-refractivity contribution >= 4 is 12.0 Å². The molecule has 3 heteroatoms. The first-order chi connectivity index (χ1) is 9.08. The molecule has 0 aliphatic heterocycles. The fraction of sp³-hybridized carbons (Fsp3) is 0.438. The van der Waals surface area contributed by atoms with E-state index in [0.717, 1.165) is 12.0 Å². The quantitative estimate of drug-likeness (QED) is 0.605. The first kappa shape index (κ1) is 15.4. The van der Waals surface area contributed by atoms with Crippen molar-refractivity contribution in [3.8, 4) is 0 Å². The third-order valence-corrected chi connectivity index (χ3v) is 2.58. The number of benzene rings is 1. The maximum absolute atomic E-state index is 11.5. The van der Waals surface area contributed by atoms with Crippen molar-refractivity contribution in [2.45, 2.75) is 33.3 Å². The molecule has 1 aromatic carbocycles. The highest BCUT2D eigenvalue weighted by Gasteiger charge is 1.96. The van der Waals surface area contributed by atoms with Crippen molar-refractivity contribution in [1.82, 2.24) is 5.32 Å². The van der Waals surface area contributed by atoms with Crippen LogP contribution >= 0.6 is 0 Å². The van der Waals surface area contributed by atoms with Crippen molar-refractivity contribution in [1.29, 1.82) is 0 Å². The summed E-state index contributed by atoms with van der Waals surface area (Å²) in [4.78, 5) is 11.5. The van der Waals surface area contributed by atoms with E-state index < -0.39 is 0 Å². The molecule has 0 atom stereocenters. The van der Waals surface area contributed by atoms with Crippen LogP contribution in [0.3, 0.4) is 0 Å².